The van der Waals surface area contributed by atoms with E-state index in [0.29, 0.717) is 0 Å². The van der Waals surface area contributed by atoms with Gasteiger partial charge in [-0.25, -0.2) is 0 Å². The predicted octanol–water partition coefficient (Wildman–Crippen LogP) is 4.51. The molecule has 4 rings (SSSR count). The molecule has 192 valence electrons. The number of aromatic nitrogens is 2. The molecule has 0 saturated carbocycles. The standard InChI is InChI=1S/2C6HF5Se.2C5H5N.Zn/c2*7-1-2(8)4(10)6(12)5(11)3(1)9;2*1-2-4-6-5-3-1;/h2*12H;2*1-5H;/q;;;;+2/p-2. The Morgan fingerprint density at radius 1 is 0.351 bits per heavy atom. The summed E-state index contributed by atoms with van der Waals surface area (Å²) >= 11 is 3.50. The zero-order valence-corrected chi connectivity index (χ0v) is 24.4. The molecule has 0 aliphatic carbocycles. The first-order valence-electron chi connectivity index (χ1n) is 9.00. The van der Waals surface area contributed by atoms with Gasteiger partial charge in [0.15, 0.2) is 0 Å². The van der Waals surface area contributed by atoms with Crippen molar-refractivity contribution in [2.24, 2.45) is 0 Å². The number of nitrogens with zero attached hydrogens (tertiary/aromatic N) is 2. The first-order chi connectivity index (χ1) is 16.9. The maximum Gasteiger partial charge on any atom is 2.00 e. The predicted molar refractivity (Wildman–Crippen MR) is 112 cm³/mol. The second kappa shape index (κ2) is 17.3. The summed E-state index contributed by atoms with van der Waals surface area (Å²) in [5, 5.41) is 0. The van der Waals surface area contributed by atoms with Gasteiger partial charge in [0.05, 0.1) is 0 Å². The molecule has 0 radical (unpaired) electrons. The first-order valence-corrected chi connectivity index (χ1v) is 10.7. The van der Waals surface area contributed by atoms with Crippen molar-refractivity contribution in [3.05, 3.63) is 119 Å². The van der Waals surface area contributed by atoms with Gasteiger partial charge >= 0.3 is 163 Å². The van der Waals surface area contributed by atoms with Crippen LogP contribution in [0.3, 0.4) is 0 Å². The van der Waals surface area contributed by atoms with Gasteiger partial charge in [0.1, 0.15) is 0 Å². The Bertz CT molecular complexity index is 908. The van der Waals surface area contributed by atoms with Crippen LogP contribution in [-0.2, 0) is 19.5 Å². The van der Waals surface area contributed by atoms with Crippen molar-refractivity contribution in [3.8, 4) is 0 Å². The maximum absolute atomic E-state index is 12.4. The average molecular weight is 716 g/mol. The molecule has 2 heterocycles. The van der Waals surface area contributed by atoms with Crippen LogP contribution in [0.1, 0.15) is 0 Å². The molecule has 0 aliphatic rings. The van der Waals surface area contributed by atoms with E-state index in [2.05, 4.69) is 9.97 Å². The Labute approximate surface area is 232 Å². The Balaban J connectivity index is 0.000000485. The molecule has 2 nitrogen and oxygen atoms in total. The molecule has 15 heteroatoms. The van der Waals surface area contributed by atoms with Gasteiger partial charge in [-0.3, -0.25) is 9.97 Å². The number of hydrogen-bond donors (Lipinski definition) is 0. The van der Waals surface area contributed by atoms with Crippen LogP contribution in [-0.4, -0.2) is 42.0 Å². The molecule has 37 heavy (non-hydrogen) atoms. The summed E-state index contributed by atoms with van der Waals surface area (Å²) in [6.45, 7) is 0. The third kappa shape index (κ3) is 10.2. The number of benzene rings is 2. The molecule has 0 N–H and O–H groups in total. The van der Waals surface area contributed by atoms with Crippen molar-refractivity contribution in [2.75, 3.05) is 0 Å². The summed E-state index contributed by atoms with van der Waals surface area (Å²) in [6, 6.07) is 11.4. The Morgan fingerprint density at radius 3 is 0.676 bits per heavy atom. The van der Waals surface area contributed by atoms with E-state index in [9.17, 15) is 43.9 Å². The Kier molecular flexibility index (Phi) is 16.2. The molecule has 0 atom stereocenters. The summed E-state index contributed by atoms with van der Waals surface area (Å²) < 4.78 is 121. The van der Waals surface area contributed by atoms with Crippen molar-refractivity contribution in [1.29, 1.82) is 0 Å². The third-order valence-electron chi connectivity index (χ3n) is 3.47. The molecule has 4 aromatic rings. The molecule has 0 saturated heterocycles. The summed E-state index contributed by atoms with van der Waals surface area (Å²) in [7, 11) is 0. The van der Waals surface area contributed by atoms with Crippen molar-refractivity contribution in [1.82, 2.24) is 9.97 Å². The van der Waals surface area contributed by atoms with Gasteiger partial charge in [0.25, 0.3) is 0 Å². The number of pyridine rings is 2. The molecule has 0 spiro atoms. The van der Waals surface area contributed by atoms with Crippen LogP contribution in [0.4, 0.5) is 43.9 Å². The van der Waals surface area contributed by atoms with Crippen molar-refractivity contribution < 1.29 is 63.4 Å². The SMILES string of the molecule is Fc1c(F)c(F)c([Se-])c(F)c1F.Fc1c(F)c(F)c([Se-])c(F)c1F.[Zn+2].c1ccncc1.c1ccncc1. The van der Waals surface area contributed by atoms with Gasteiger partial charge in [0, 0.05) is 24.8 Å². The average Bonchev–Trinajstić information content (AvgIpc) is 2.93. The molecule has 0 aliphatic heterocycles. The van der Waals surface area contributed by atoms with E-state index < -0.39 is 67.1 Å². The smallest absolute Gasteiger partial charge is 0.265 e. The van der Waals surface area contributed by atoms with E-state index in [0.717, 1.165) is 0 Å². The second-order valence-corrected chi connectivity index (χ2v) is 7.56. The number of halogens is 10. The van der Waals surface area contributed by atoms with Crippen molar-refractivity contribution in [3.63, 3.8) is 0 Å². The van der Waals surface area contributed by atoms with E-state index >= 15 is 0 Å². The van der Waals surface area contributed by atoms with Crippen LogP contribution in [0, 0.1) is 58.2 Å². The van der Waals surface area contributed by atoms with E-state index in [1.807, 2.05) is 36.4 Å². The first kappa shape index (κ1) is 34.7. The van der Waals surface area contributed by atoms with Gasteiger partial charge in [-0.1, -0.05) is 12.1 Å². The van der Waals surface area contributed by atoms with E-state index in [-0.39, 0.29) is 19.5 Å². The molecule has 0 fully saturated rings. The van der Waals surface area contributed by atoms with Crippen LogP contribution in [0.15, 0.2) is 61.2 Å². The number of rotatable bonds is 0. The summed E-state index contributed by atoms with van der Waals surface area (Å²) in [5.41, 5.74) is 0. The zero-order chi connectivity index (χ0) is 27.4. The summed E-state index contributed by atoms with van der Waals surface area (Å²) in [6.07, 6.45) is 7.00. The van der Waals surface area contributed by atoms with Crippen molar-refractivity contribution in [2.45, 2.75) is 0 Å². The molecule has 0 unspecified atom stereocenters. The van der Waals surface area contributed by atoms with E-state index in [1.54, 1.807) is 56.8 Å². The van der Waals surface area contributed by atoms with Gasteiger partial charge in [0.2, 0.25) is 0 Å². The van der Waals surface area contributed by atoms with Crippen LogP contribution in [0.25, 0.3) is 0 Å². The van der Waals surface area contributed by atoms with Gasteiger partial charge in [-0.15, -0.1) is 0 Å². The van der Waals surface area contributed by atoms with Crippen LogP contribution in [0.5, 0.6) is 0 Å². The Morgan fingerprint density at radius 2 is 0.541 bits per heavy atom. The fourth-order valence-electron chi connectivity index (χ4n) is 1.79. The fraction of sp³-hybridized carbons (Fsp3) is 0. The zero-order valence-electron chi connectivity index (χ0n) is 18.0. The topological polar surface area (TPSA) is 25.8 Å². The number of hydrogen-bond acceptors (Lipinski definition) is 2. The molecule has 2 aromatic heterocycles. The Hall–Kier alpha value is -2.30. The minimum absolute atomic E-state index is 0. The minimum atomic E-state index is -2.15. The summed E-state index contributed by atoms with van der Waals surface area (Å²) in [4.78, 5) is 7.57. The van der Waals surface area contributed by atoms with E-state index in [1.165, 1.54) is 0 Å². The van der Waals surface area contributed by atoms with Gasteiger partial charge in [-0.05, 0) is 24.3 Å². The van der Waals surface area contributed by atoms with Gasteiger partial charge in [-0.2, -0.15) is 0 Å². The molecule has 2 aromatic carbocycles. The van der Waals surface area contributed by atoms with Crippen LogP contribution >= 0.6 is 0 Å². The molecule has 0 amide bonds. The van der Waals surface area contributed by atoms with Crippen molar-refractivity contribution >= 4 is 40.9 Å². The monoisotopic (exact) mass is 716 g/mol. The molecule has 0 bridgehead atoms. The molecular formula is C22H10F10N2Se2Zn. The quantitative estimate of drug-likeness (QED) is 0.116. The van der Waals surface area contributed by atoms with Crippen LogP contribution < -0.4 is 8.92 Å². The fourth-order valence-corrected chi connectivity index (χ4v) is 2.55. The van der Waals surface area contributed by atoms with E-state index in [4.69, 9.17) is 0 Å². The normalized spacial score (nSPS) is 9.35. The third-order valence-corrected chi connectivity index (χ3v) is 4.98. The minimum Gasteiger partial charge on any atom is -0.265 e. The van der Waals surface area contributed by atoms with Crippen LogP contribution in [0.2, 0.25) is 0 Å². The van der Waals surface area contributed by atoms with Gasteiger partial charge < -0.3 is 0 Å². The second-order valence-electron chi connectivity index (χ2n) is 5.85. The maximum atomic E-state index is 12.4. The molecular weight excluding hydrogens is 706 g/mol. The summed E-state index contributed by atoms with van der Waals surface area (Å²) in [5.74, 6) is -19.4. The largest absolute Gasteiger partial charge is 2.00 e.